The molecule has 0 aliphatic carbocycles. The molecule has 1 radical (unpaired) electrons. The van der Waals surface area contributed by atoms with Gasteiger partial charge in [0.1, 0.15) is 0 Å². The van der Waals surface area contributed by atoms with E-state index < -0.39 is 10.0 Å². The lowest BCUT2D eigenvalue weighted by Crippen LogP contribution is -2.46. The molecule has 0 aromatic heterocycles. The predicted molar refractivity (Wildman–Crippen MR) is 46.4 cm³/mol. The summed E-state index contributed by atoms with van der Waals surface area (Å²) in [7, 11) is 0.434. The molecular weight excluding hydrogens is 162 g/mol. The highest BCUT2D eigenvalue weighted by Gasteiger charge is 2.29. The molecule has 0 spiro atoms. The van der Waals surface area contributed by atoms with Crippen LogP contribution in [0.1, 0.15) is 13.3 Å². The van der Waals surface area contributed by atoms with Gasteiger partial charge >= 0.3 is 0 Å². The van der Waals surface area contributed by atoms with Crippen molar-refractivity contribution in [2.45, 2.75) is 13.3 Å². The first kappa shape index (κ1) is 10.9. The van der Waals surface area contributed by atoms with Crippen molar-refractivity contribution >= 4 is 10.0 Å². The van der Waals surface area contributed by atoms with Crippen LogP contribution < -0.4 is 0 Å². The van der Waals surface area contributed by atoms with Crippen LogP contribution in [0.15, 0.2) is 0 Å². The molecule has 0 aliphatic rings. The fraction of sp³-hybridized carbons (Fsp3) is 0.857. The van der Waals surface area contributed by atoms with Crippen LogP contribution in [0.3, 0.4) is 0 Å². The Bertz CT molecular complexity index is 206. The summed E-state index contributed by atoms with van der Waals surface area (Å²) in [5.41, 5.74) is 0. The second-order valence-corrected chi connectivity index (χ2v) is 5.75. The number of hydrogen-bond acceptors (Lipinski definition) is 2. The lowest BCUT2D eigenvalue weighted by atomic mass is 10.5. The van der Waals surface area contributed by atoms with Gasteiger partial charge in [-0.3, -0.25) is 0 Å². The molecule has 0 fully saturated rings. The standard InChI is InChI=1S/C7H17NO2S/c1-5-7-8(3,4)11(9,10)6-2/h1,5-7H2,2-4H3/q+1. The van der Waals surface area contributed by atoms with Gasteiger partial charge < -0.3 is 0 Å². The third-order valence-electron chi connectivity index (χ3n) is 1.81. The van der Waals surface area contributed by atoms with Gasteiger partial charge in [0.05, 0.1) is 26.4 Å². The first-order valence-electron chi connectivity index (χ1n) is 3.72. The molecule has 11 heavy (non-hydrogen) atoms. The minimum atomic E-state index is -2.96. The molecule has 67 valence electrons. The minimum absolute atomic E-state index is 0.0486. The molecular formula is C7H17NO2S+. The highest BCUT2D eigenvalue weighted by Crippen LogP contribution is 2.08. The van der Waals surface area contributed by atoms with Crippen LogP contribution in [-0.4, -0.2) is 38.7 Å². The van der Waals surface area contributed by atoms with Gasteiger partial charge in [-0.2, -0.15) is 8.42 Å². The van der Waals surface area contributed by atoms with Crippen LogP contribution in [0.4, 0.5) is 0 Å². The fourth-order valence-corrected chi connectivity index (χ4v) is 1.98. The summed E-state index contributed by atoms with van der Waals surface area (Å²) in [5.74, 6) is 0.194. The van der Waals surface area contributed by atoms with Gasteiger partial charge in [0.2, 0.25) is 0 Å². The highest BCUT2D eigenvalue weighted by atomic mass is 32.2. The minimum Gasteiger partial charge on any atom is -0.223 e. The summed E-state index contributed by atoms with van der Waals surface area (Å²) >= 11 is 0. The van der Waals surface area contributed by atoms with E-state index in [-0.39, 0.29) is 9.64 Å². The Morgan fingerprint density at radius 3 is 2.09 bits per heavy atom. The molecule has 0 saturated carbocycles. The summed E-state index contributed by atoms with van der Waals surface area (Å²) in [5, 5.41) is 0. The van der Waals surface area contributed by atoms with E-state index in [9.17, 15) is 8.42 Å². The topological polar surface area (TPSA) is 34.1 Å². The Morgan fingerprint density at radius 1 is 1.36 bits per heavy atom. The quantitative estimate of drug-likeness (QED) is 0.593. The molecule has 0 amide bonds. The van der Waals surface area contributed by atoms with Crippen LogP contribution in [0.2, 0.25) is 0 Å². The third kappa shape index (κ3) is 2.45. The maximum Gasteiger partial charge on any atom is 0.296 e. The van der Waals surface area contributed by atoms with Gasteiger partial charge in [-0.25, -0.2) is 3.89 Å². The van der Waals surface area contributed by atoms with Crippen molar-refractivity contribution in [3.63, 3.8) is 0 Å². The maximum atomic E-state index is 11.4. The molecule has 4 heteroatoms. The van der Waals surface area contributed by atoms with E-state index in [1.54, 1.807) is 21.0 Å². The number of nitrogens with zero attached hydrogens (tertiary/aromatic N) is 1. The van der Waals surface area contributed by atoms with E-state index in [2.05, 4.69) is 6.92 Å². The zero-order valence-corrected chi connectivity index (χ0v) is 8.32. The van der Waals surface area contributed by atoms with Gasteiger partial charge in [0.15, 0.2) is 0 Å². The first-order valence-corrected chi connectivity index (χ1v) is 5.33. The van der Waals surface area contributed by atoms with E-state index in [1.165, 1.54) is 0 Å². The zero-order chi connectivity index (χ0) is 9.12. The van der Waals surface area contributed by atoms with E-state index >= 15 is 0 Å². The Balaban J connectivity index is 4.55. The van der Waals surface area contributed by atoms with Gasteiger partial charge in [-0.15, -0.1) is 0 Å². The van der Waals surface area contributed by atoms with Crippen molar-refractivity contribution in [1.29, 1.82) is 0 Å². The van der Waals surface area contributed by atoms with Crippen molar-refractivity contribution in [2.75, 3.05) is 26.4 Å². The van der Waals surface area contributed by atoms with Crippen LogP contribution in [0.5, 0.6) is 0 Å². The van der Waals surface area contributed by atoms with Crippen molar-refractivity contribution in [2.24, 2.45) is 0 Å². The first-order chi connectivity index (χ1) is 4.87. The molecule has 3 nitrogen and oxygen atoms in total. The zero-order valence-electron chi connectivity index (χ0n) is 7.50. The summed E-state index contributed by atoms with van der Waals surface area (Å²) in [6.45, 7) is 5.88. The van der Waals surface area contributed by atoms with Crippen LogP contribution in [-0.2, 0) is 10.0 Å². The average Bonchev–Trinajstić information content (AvgIpc) is 1.87. The van der Waals surface area contributed by atoms with E-state index in [0.717, 1.165) is 0 Å². The van der Waals surface area contributed by atoms with Crippen LogP contribution in [0, 0.1) is 6.92 Å². The molecule has 0 heterocycles. The average molecular weight is 179 g/mol. The lowest BCUT2D eigenvalue weighted by Gasteiger charge is -2.27. The van der Waals surface area contributed by atoms with Crippen molar-refractivity contribution in [3.8, 4) is 0 Å². The number of quaternary nitrogens is 1. The summed E-state index contributed by atoms with van der Waals surface area (Å²) in [4.78, 5) is 0. The second kappa shape index (κ2) is 3.54. The normalized spacial score (nSPS) is 13.5. The molecule has 0 bridgehead atoms. The van der Waals surface area contributed by atoms with Gasteiger partial charge in [0.25, 0.3) is 10.0 Å². The Kier molecular flexibility index (Phi) is 3.51. The van der Waals surface area contributed by atoms with E-state index in [0.29, 0.717) is 13.0 Å². The van der Waals surface area contributed by atoms with Crippen LogP contribution >= 0.6 is 0 Å². The predicted octanol–water partition coefficient (Wildman–Crippen LogP) is 0.637. The third-order valence-corrected chi connectivity index (χ3v) is 4.23. The summed E-state index contributed by atoms with van der Waals surface area (Å²) in [6.07, 6.45) is 0.645. The molecule has 0 aliphatic heterocycles. The number of rotatable bonds is 4. The SMILES string of the molecule is [CH2]CC[N+](C)(C)S(=O)(=O)CC. The monoisotopic (exact) mass is 179 g/mol. The summed E-state index contributed by atoms with van der Waals surface area (Å²) < 4.78 is 22.8. The van der Waals surface area contributed by atoms with Gasteiger partial charge in [0, 0.05) is 0 Å². The van der Waals surface area contributed by atoms with Crippen molar-refractivity contribution in [1.82, 2.24) is 0 Å². The Hall–Kier alpha value is -0.0900. The van der Waals surface area contributed by atoms with Gasteiger partial charge in [-0.1, -0.05) is 0 Å². The Morgan fingerprint density at radius 2 is 1.82 bits per heavy atom. The second-order valence-electron chi connectivity index (χ2n) is 3.02. The fourth-order valence-electron chi connectivity index (χ4n) is 0.869. The molecule has 0 N–H and O–H groups in total. The molecule has 0 atom stereocenters. The molecule has 0 unspecified atom stereocenters. The molecule has 0 aromatic rings. The molecule has 0 rings (SSSR count). The molecule has 0 aromatic carbocycles. The lowest BCUT2D eigenvalue weighted by molar-refractivity contribution is -0.762. The smallest absolute Gasteiger partial charge is 0.223 e. The van der Waals surface area contributed by atoms with E-state index in [4.69, 9.17) is 0 Å². The van der Waals surface area contributed by atoms with E-state index in [1.807, 2.05) is 0 Å². The summed E-state index contributed by atoms with van der Waals surface area (Å²) in [6, 6.07) is 0. The maximum absolute atomic E-state index is 11.4. The van der Waals surface area contributed by atoms with Crippen LogP contribution in [0.25, 0.3) is 0 Å². The molecule has 0 saturated heterocycles. The largest absolute Gasteiger partial charge is 0.296 e. The number of sulfonamides is 1. The number of hydrogen-bond donors (Lipinski definition) is 0. The van der Waals surface area contributed by atoms with Crippen molar-refractivity contribution in [3.05, 3.63) is 6.92 Å². The Labute approximate surface area is 69.7 Å². The van der Waals surface area contributed by atoms with Crippen molar-refractivity contribution < 1.29 is 12.3 Å². The van der Waals surface area contributed by atoms with Gasteiger partial charge in [-0.05, 0) is 20.3 Å². The highest BCUT2D eigenvalue weighted by molar-refractivity contribution is 7.85.